The quantitative estimate of drug-likeness (QED) is 0.782. The van der Waals surface area contributed by atoms with Crippen molar-refractivity contribution >= 4 is 27.5 Å². The first-order valence-corrected chi connectivity index (χ1v) is 4.15. The van der Waals surface area contributed by atoms with Crippen molar-refractivity contribution in [2.45, 2.75) is 0 Å². The molecule has 1 N–H and O–H groups in total. The molecule has 1 rings (SSSR count). The van der Waals surface area contributed by atoms with E-state index in [9.17, 15) is 4.39 Å². The molecule has 0 heterocycles. The summed E-state index contributed by atoms with van der Waals surface area (Å²) in [4.78, 5) is 0. The van der Waals surface area contributed by atoms with Gasteiger partial charge < -0.3 is 9.84 Å². The second kappa shape index (κ2) is 3.49. The zero-order valence-corrected chi connectivity index (χ0v) is 8.41. The predicted molar refractivity (Wildman–Crippen MR) is 47.3 cm³/mol. The van der Waals surface area contributed by atoms with E-state index >= 15 is 0 Å². The molecule has 0 fully saturated rings. The molecule has 0 bridgehead atoms. The Labute approximate surface area is 82.0 Å². The number of benzene rings is 1. The number of phenolic OH excluding ortho intramolecular Hbond substituents is 1. The van der Waals surface area contributed by atoms with Gasteiger partial charge in [0.25, 0.3) is 0 Å². The fourth-order valence-corrected chi connectivity index (χ4v) is 1.19. The molecule has 66 valence electrons. The Morgan fingerprint density at radius 2 is 2.25 bits per heavy atom. The molecule has 0 aromatic heterocycles. The summed E-state index contributed by atoms with van der Waals surface area (Å²) in [6.07, 6.45) is 0. The van der Waals surface area contributed by atoms with E-state index in [0.717, 1.165) is 6.07 Å². The third-order valence-corrected chi connectivity index (χ3v) is 2.70. The fourth-order valence-electron chi connectivity index (χ4n) is 0.716. The maximum absolute atomic E-state index is 13.0. The Kier molecular flexibility index (Phi) is 2.80. The lowest BCUT2D eigenvalue weighted by atomic mass is 10.3. The third-order valence-electron chi connectivity index (χ3n) is 1.31. The summed E-state index contributed by atoms with van der Waals surface area (Å²) in [6, 6.07) is 1.14. The number of hydrogen-bond acceptors (Lipinski definition) is 2. The molecule has 0 aliphatic heterocycles. The van der Waals surface area contributed by atoms with Crippen molar-refractivity contribution in [2.75, 3.05) is 7.11 Å². The zero-order chi connectivity index (χ0) is 9.30. The molecule has 5 heteroatoms. The molecule has 0 saturated heterocycles. The molecule has 0 aliphatic rings. The van der Waals surface area contributed by atoms with Crippen LogP contribution in [0.5, 0.6) is 11.5 Å². The van der Waals surface area contributed by atoms with Gasteiger partial charge in [-0.1, -0.05) is 11.6 Å². The maximum atomic E-state index is 13.0. The van der Waals surface area contributed by atoms with Crippen LogP contribution in [0.3, 0.4) is 0 Å². The molecule has 12 heavy (non-hydrogen) atoms. The van der Waals surface area contributed by atoms with Crippen LogP contribution in [0.15, 0.2) is 10.5 Å². The van der Waals surface area contributed by atoms with E-state index in [4.69, 9.17) is 16.7 Å². The molecule has 0 radical (unpaired) electrons. The van der Waals surface area contributed by atoms with E-state index in [1.807, 2.05) is 0 Å². The van der Waals surface area contributed by atoms with E-state index < -0.39 is 5.82 Å². The lowest BCUT2D eigenvalue weighted by Crippen LogP contribution is -1.89. The van der Waals surface area contributed by atoms with Gasteiger partial charge in [-0.05, 0) is 15.9 Å². The summed E-state index contributed by atoms with van der Waals surface area (Å²) >= 11 is 8.42. The molecule has 0 unspecified atom stereocenters. The standard InChI is InChI=1S/C7H5BrClFO2/c1-12-4-2-3(11)5(8)6(9)7(4)10/h2,11H,1H3. The number of aromatic hydroxyl groups is 1. The van der Waals surface area contributed by atoms with Crippen LogP contribution in [0, 0.1) is 5.82 Å². The van der Waals surface area contributed by atoms with E-state index in [1.54, 1.807) is 0 Å². The van der Waals surface area contributed by atoms with Crippen LogP contribution in [0.2, 0.25) is 5.02 Å². The van der Waals surface area contributed by atoms with E-state index in [1.165, 1.54) is 7.11 Å². The molecular formula is C7H5BrClFO2. The summed E-state index contributed by atoms with van der Waals surface area (Å²) in [5.74, 6) is -0.928. The molecule has 2 nitrogen and oxygen atoms in total. The zero-order valence-electron chi connectivity index (χ0n) is 6.07. The molecule has 1 aromatic rings. The summed E-state index contributed by atoms with van der Waals surface area (Å²) in [5.41, 5.74) is 0. The first-order chi connectivity index (χ1) is 5.57. The second-order valence-corrected chi connectivity index (χ2v) is 3.21. The molecule has 0 saturated carbocycles. The lowest BCUT2D eigenvalue weighted by molar-refractivity contribution is 0.380. The van der Waals surface area contributed by atoms with E-state index in [-0.39, 0.29) is 21.0 Å². The van der Waals surface area contributed by atoms with Crippen LogP contribution in [0.1, 0.15) is 0 Å². The van der Waals surface area contributed by atoms with Crippen molar-refractivity contribution in [3.05, 3.63) is 21.4 Å². The van der Waals surface area contributed by atoms with Gasteiger partial charge in [-0.25, -0.2) is 4.39 Å². The summed E-state index contributed by atoms with van der Waals surface area (Å²) in [7, 11) is 1.29. The minimum Gasteiger partial charge on any atom is -0.507 e. The number of methoxy groups -OCH3 is 1. The largest absolute Gasteiger partial charge is 0.507 e. The summed E-state index contributed by atoms with van der Waals surface area (Å²) in [6.45, 7) is 0. The Balaban J connectivity index is 3.39. The highest BCUT2D eigenvalue weighted by atomic mass is 79.9. The topological polar surface area (TPSA) is 29.5 Å². The monoisotopic (exact) mass is 254 g/mol. The number of phenols is 1. The first kappa shape index (κ1) is 9.61. The van der Waals surface area contributed by atoms with Gasteiger partial charge >= 0.3 is 0 Å². The Bertz CT molecular complexity index is 317. The van der Waals surface area contributed by atoms with Gasteiger partial charge in [-0.3, -0.25) is 0 Å². The van der Waals surface area contributed by atoms with Crippen LogP contribution in [-0.2, 0) is 0 Å². The number of hydrogen-bond donors (Lipinski definition) is 1. The first-order valence-electron chi connectivity index (χ1n) is 2.98. The normalized spacial score (nSPS) is 10.0. The minimum atomic E-state index is -0.691. The maximum Gasteiger partial charge on any atom is 0.185 e. The van der Waals surface area contributed by atoms with Crippen molar-refractivity contribution in [3.63, 3.8) is 0 Å². The lowest BCUT2D eigenvalue weighted by Gasteiger charge is -2.06. The summed E-state index contributed by atoms with van der Waals surface area (Å²) < 4.78 is 17.8. The Hall–Kier alpha value is -0.480. The Morgan fingerprint density at radius 1 is 1.67 bits per heavy atom. The average Bonchev–Trinajstić information content (AvgIpc) is 2.08. The van der Waals surface area contributed by atoms with Crippen molar-refractivity contribution in [2.24, 2.45) is 0 Å². The van der Waals surface area contributed by atoms with Crippen molar-refractivity contribution in [1.29, 1.82) is 0 Å². The van der Waals surface area contributed by atoms with Gasteiger partial charge in [0, 0.05) is 6.07 Å². The Morgan fingerprint density at radius 3 is 2.75 bits per heavy atom. The predicted octanol–water partition coefficient (Wildman–Crippen LogP) is 2.96. The average molecular weight is 255 g/mol. The molecule has 0 aliphatic carbocycles. The molecule has 0 atom stereocenters. The van der Waals surface area contributed by atoms with Gasteiger partial charge in [-0.2, -0.15) is 0 Å². The van der Waals surface area contributed by atoms with Crippen LogP contribution < -0.4 is 4.74 Å². The van der Waals surface area contributed by atoms with Crippen molar-refractivity contribution < 1.29 is 14.2 Å². The van der Waals surface area contributed by atoms with Gasteiger partial charge in [0.05, 0.1) is 16.6 Å². The van der Waals surface area contributed by atoms with Gasteiger partial charge in [0.15, 0.2) is 11.6 Å². The van der Waals surface area contributed by atoms with Crippen LogP contribution in [0.4, 0.5) is 4.39 Å². The van der Waals surface area contributed by atoms with Crippen LogP contribution in [0.25, 0.3) is 0 Å². The number of halogens is 3. The smallest absolute Gasteiger partial charge is 0.185 e. The minimum absolute atomic E-state index is 0.0827. The highest BCUT2D eigenvalue weighted by Crippen LogP contribution is 2.38. The molecule has 0 amide bonds. The van der Waals surface area contributed by atoms with Gasteiger partial charge in [0.1, 0.15) is 5.75 Å². The SMILES string of the molecule is COc1cc(O)c(Br)c(Cl)c1F. The number of rotatable bonds is 1. The summed E-state index contributed by atoms with van der Waals surface area (Å²) in [5, 5.41) is 8.97. The third kappa shape index (κ3) is 1.49. The molecule has 0 spiro atoms. The van der Waals surface area contributed by atoms with Crippen LogP contribution in [-0.4, -0.2) is 12.2 Å². The number of ether oxygens (including phenoxy) is 1. The second-order valence-electron chi connectivity index (χ2n) is 2.04. The van der Waals surface area contributed by atoms with Crippen molar-refractivity contribution in [3.8, 4) is 11.5 Å². The van der Waals surface area contributed by atoms with Crippen LogP contribution >= 0.6 is 27.5 Å². The highest BCUT2D eigenvalue weighted by Gasteiger charge is 2.14. The van der Waals surface area contributed by atoms with Gasteiger partial charge in [0.2, 0.25) is 0 Å². The fraction of sp³-hybridized carbons (Fsp3) is 0.143. The molecular weight excluding hydrogens is 250 g/mol. The molecule has 1 aromatic carbocycles. The van der Waals surface area contributed by atoms with Gasteiger partial charge in [-0.15, -0.1) is 0 Å². The van der Waals surface area contributed by atoms with Crippen molar-refractivity contribution in [1.82, 2.24) is 0 Å². The highest BCUT2D eigenvalue weighted by molar-refractivity contribution is 9.10. The van der Waals surface area contributed by atoms with E-state index in [2.05, 4.69) is 20.7 Å². The van der Waals surface area contributed by atoms with E-state index in [0.29, 0.717) is 0 Å².